The summed E-state index contributed by atoms with van der Waals surface area (Å²) >= 11 is 0. The molecule has 1 aromatic heterocycles. The Kier molecular flexibility index (Phi) is 6.41. The van der Waals surface area contributed by atoms with Crippen molar-refractivity contribution in [3.8, 4) is 11.1 Å². The van der Waals surface area contributed by atoms with Gasteiger partial charge in [-0.15, -0.1) is 0 Å². The first-order valence-electron chi connectivity index (χ1n) is 10.2. The van der Waals surface area contributed by atoms with Crippen molar-refractivity contribution in [3.05, 3.63) is 65.9 Å². The first kappa shape index (κ1) is 20.1. The molecule has 1 amide bonds. The maximum absolute atomic E-state index is 12.6. The lowest BCUT2D eigenvalue weighted by molar-refractivity contribution is 0.0342. The molecule has 1 aliphatic heterocycles. The second-order valence-electron chi connectivity index (χ2n) is 7.17. The van der Waals surface area contributed by atoms with Crippen LogP contribution in [0, 0.1) is 0 Å². The SMILES string of the molecule is CCNC(=O)c1noc(Nc2ccccc2)c1-c1ccc(CN2CCOCC2)cc1. The summed E-state index contributed by atoms with van der Waals surface area (Å²) in [5.74, 6) is 0.193. The van der Waals surface area contributed by atoms with Gasteiger partial charge in [0.2, 0.25) is 5.88 Å². The van der Waals surface area contributed by atoms with Crippen LogP contribution in [0.25, 0.3) is 11.1 Å². The number of amides is 1. The fourth-order valence-corrected chi connectivity index (χ4v) is 3.49. The lowest BCUT2D eigenvalue weighted by Gasteiger charge is -2.26. The van der Waals surface area contributed by atoms with Crippen molar-refractivity contribution >= 4 is 17.5 Å². The molecule has 156 valence electrons. The fraction of sp³-hybridized carbons (Fsp3) is 0.304. The zero-order valence-corrected chi connectivity index (χ0v) is 17.1. The van der Waals surface area contributed by atoms with Crippen molar-refractivity contribution < 1.29 is 14.1 Å². The molecule has 0 bridgehead atoms. The van der Waals surface area contributed by atoms with Gasteiger partial charge in [-0.3, -0.25) is 9.69 Å². The molecule has 0 atom stereocenters. The average molecular weight is 406 g/mol. The van der Waals surface area contributed by atoms with Gasteiger partial charge in [-0.25, -0.2) is 0 Å². The van der Waals surface area contributed by atoms with Gasteiger partial charge in [0.25, 0.3) is 5.91 Å². The molecule has 0 radical (unpaired) electrons. The Morgan fingerprint density at radius 2 is 1.80 bits per heavy atom. The highest BCUT2D eigenvalue weighted by atomic mass is 16.5. The predicted molar refractivity (Wildman–Crippen MR) is 116 cm³/mol. The second-order valence-corrected chi connectivity index (χ2v) is 7.17. The lowest BCUT2D eigenvalue weighted by atomic mass is 10.0. The predicted octanol–water partition coefficient (Wildman–Crippen LogP) is 3.67. The Balaban J connectivity index is 1.61. The first-order valence-corrected chi connectivity index (χ1v) is 10.2. The van der Waals surface area contributed by atoms with Crippen LogP contribution in [-0.2, 0) is 11.3 Å². The van der Waals surface area contributed by atoms with Gasteiger partial charge in [0, 0.05) is 31.9 Å². The van der Waals surface area contributed by atoms with Gasteiger partial charge in [0.1, 0.15) is 0 Å². The van der Waals surface area contributed by atoms with E-state index in [0.29, 0.717) is 18.0 Å². The summed E-state index contributed by atoms with van der Waals surface area (Å²) in [6, 6.07) is 17.9. The van der Waals surface area contributed by atoms with E-state index < -0.39 is 0 Å². The van der Waals surface area contributed by atoms with Gasteiger partial charge in [-0.1, -0.05) is 47.6 Å². The van der Waals surface area contributed by atoms with E-state index in [1.165, 1.54) is 5.56 Å². The molecule has 0 unspecified atom stereocenters. The normalized spacial score (nSPS) is 14.4. The van der Waals surface area contributed by atoms with E-state index in [2.05, 4.69) is 32.8 Å². The van der Waals surface area contributed by atoms with Gasteiger partial charge < -0.3 is 19.9 Å². The topological polar surface area (TPSA) is 79.6 Å². The minimum atomic E-state index is -0.255. The van der Waals surface area contributed by atoms with Crippen molar-refractivity contribution in [1.82, 2.24) is 15.4 Å². The number of anilines is 2. The van der Waals surface area contributed by atoms with Crippen molar-refractivity contribution in [2.75, 3.05) is 38.2 Å². The zero-order chi connectivity index (χ0) is 20.8. The summed E-state index contributed by atoms with van der Waals surface area (Å²) < 4.78 is 10.9. The molecule has 7 nitrogen and oxygen atoms in total. The molecule has 4 rings (SSSR count). The van der Waals surface area contributed by atoms with Crippen LogP contribution < -0.4 is 10.6 Å². The Hall–Kier alpha value is -3.16. The number of nitrogens with zero attached hydrogens (tertiary/aromatic N) is 2. The number of hydrogen-bond donors (Lipinski definition) is 2. The van der Waals surface area contributed by atoms with Crippen LogP contribution in [0.1, 0.15) is 23.0 Å². The zero-order valence-electron chi connectivity index (χ0n) is 17.1. The monoisotopic (exact) mass is 406 g/mol. The fourth-order valence-electron chi connectivity index (χ4n) is 3.49. The number of morpholine rings is 1. The number of rotatable bonds is 7. The van der Waals surface area contributed by atoms with E-state index in [9.17, 15) is 4.79 Å². The summed E-state index contributed by atoms with van der Waals surface area (Å²) in [6.45, 7) is 6.73. The quantitative estimate of drug-likeness (QED) is 0.623. The standard InChI is InChI=1S/C23H26N4O3/c1-2-24-22(28)21-20(23(30-26-21)25-19-6-4-3-5-7-19)18-10-8-17(9-11-18)16-27-12-14-29-15-13-27/h3-11,25H,2,12-16H2,1H3,(H,24,28). The minimum absolute atomic E-state index is 0.255. The number of benzene rings is 2. The first-order chi connectivity index (χ1) is 14.7. The highest BCUT2D eigenvalue weighted by Gasteiger charge is 2.23. The van der Waals surface area contributed by atoms with Crippen molar-refractivity contribution in [2.24, 2.45) is 0 Å². The van der Waals surface area contributed by atoms with Crippen LogP contribution >= 0.6 is 0 Å². The van der Waals surface area contributed by atoms with E-state index in [1.54, 1.807) is 0 Å². The highest BCUT2D eigenvalue weighted by molar-refractivity contribution is 6.01. The third kappa shape index (κ3) is 4.69. The maximum Gasteiger partial charge on any atom is 0.274 e. The third-order valence-corrected chi connectivity index (χ3v) is 5.03. The van der Waals surface area contributed by atoms with Crippen molar-refractivity contribution in [2.45, 2.75) is 13.5 Å². The van der Waals surface area contributed by atoms with E-state index in [-0.39, 0.29) is 11.6 Å². The molecule has 0 saturated carbocycles. The number of aromatic nitrogens is 1. The summed E-state index contributed by atoms with van der Waals surface area (Å²) in [7, 11) is 0. The van der Waals surface area contributed by atoms with Crippen LogP contribution in [0.15, 0.2) is 59.1 Å². The van der Waals surface area contributed by atoms with Crippen LogP contribution in [0.2, 0.25) is 0 Å². The van der Waals surface area contributed by atoms with Gasteiger partial charge >= 0.3 is 0 Å². The number of carbonyl (C=O) groups is 1. The minimum Gasteiger partial charge on any atom is -0.379 e. The smallest absolute Gasteiger partial charge is 0.274 e. The summed E-state index contributed by atoms with van der Waals surface area (Å²) in [5, 5.41) is 10.1. The Labute approximate surface area is 176 Å². The molecule has 0 spiro atoms. The van der Waals surface area contributed by atoms with Crippen LogP contribution in [0.3, 0.4) is 0 Å². The van der Waals surface area contributed by atoms with Gasteiger partial charge in [-0.2, -0.15) is 0 Å². The van der Waals surface area contributed by atoms with E-state index >= 15 is 0 Å². The van der Waals surface area contributed by atoms with Gasteiger partial charge in [0.05, 0.1) is 18.8 Å². The van der Waals surface area contributed by atoms with E-state index in [0.717, 1.165) is 44.1 Å². The number of hydrogen-bond acceptors (Lipinski definition) is 6. The highest BCUT2D eigenvalue weighted by Crippen LogP contribution is 2.34. The van der Waals surface area contributed by atoms with Crippen LogP contribution in [-0.4, -0.2) is 48.8 Å². The second kappa shape index (κ2) is 9.56. The maximum atomic E-state index is 12.6. The number of ether oxygens (including phenoxy) is 1. The number of nitrogens with one attached hydrogen (secondary N) is 2. The molecule has 1 aliphatic rings. The lowest BCUT2D eigenvalue weighted by Crippen LogP contribution is -2.35. The Bertz CT molecular complexity index is 964. The molecule has 2 N–H and O–H groups in total. The van der Waals surface area contributed by atoms with Crippen molar-refractivity contribution in [3.63, 3.8) is 0 Å². The molecular formula is C23H26N4O3. The molecule has 3 aromatic rings. The molecule has 2 heterocycles. The van der Waals surface area contributed by atoms with E-state index in [1.807, 2.05) is 49.4 Å². The largest absolute Gasteiger partial charge is 0.379 e. The summed E-state index contributed by atoms with van der Waals surface area (Å²) in [6.07, 6.45) is 0. The molecule has 0 aliphatic carbocycles. The molecule has 7 heteroatoms. The third-order valence-electron chi connectivity index (χ3n) is 5.03. The Morgan fingerprint density at radius 3 is 2.50 bits per heavy atom. The molecule has 2 aromatic carbocycles. The van der Waals surface area contributed by atoms with Crippen LogP contribution in [0.4, 0.5) is 11.6 Å². The molecule has 30 heavy (non-hydrogen) atoms. The summed E-state index contributed by atoms with van der Waals surface area (Å²) in [4.78, 5) is 14.9. The van der Waals surface area contributed by atoms with E-state index in [4.69, 9.17) is 9.26 Å². The summed E-state index contributed by atoms with van der Waals surface area (Å²) in [5.41, 5.74) is 3.89. The molecular weight excluding hydrogens is 380 g/mol. The van der Waals surface area contributed by atoms with Crippen LogP contribution in [0.5, 0.6) is 0 Å². The van der Waals surface area contributed by atoms with Crippen molar-refractivity contribution in [1.29, 1.82) is 0 Å². The molecule has 1 saturated heterocycles. The average Bonchev–Trinajstić information content (AvgIpc) is 3.19. The van der Waals surface area contributed by atoms with Gasteiger partial charge in [-0.05, 0) is 30.2 Å². The number of para-hydroxylation sites is 1. The van der Waals surface area contributed by atoms with Gasteiger partial charge in [0.15, 0.2) is 5.69 Å². The number of carbonyl (C=O) groups excluding carboxylic acids is 1. The molecule has 1 fully saturated rings. The Morgan fingerprint density at radius 1 is 1.07 bits per heavy atom.